The number of pyridine rings is 1. The zero-order valence-electron chi connectivity index (χ0n) is 7.52. The van der Waals surface area contributed by atoms with Crippen LogP contribution in [0, 0.1) is 12.2 Å². The molecule has 0 N–H and O–H groups in total. The molecule has 0 amide bonds. The minimum Gasteiger partial charge on any atom is -0.264 e. The highest BCUT2D eigenvalue weighted by atomic mass is 19.1. The summed E-state index contributed by atoms with van der Waals surface area (Å²) in [7, 11) is 0. The number of nitrogens with zero attached hydrogens (tertiary/aromatic N) is 1. The topological polar surface area (TPSA) is 12.9 Å². The van der Waals surface area contributed by atoms with Gasteiger partial charge in [-0.1, -0.05) is 24.3 Å². The molecule has 14 heavy (non-hydrogen) atoms. The first-order valence-electron chi connectivity index (χ1n) is 4.35. The fraction of sp³-hybridized carbons (Fsp3) is 0. The van der Waals surface area contributed by atoms with Gasteiger partial charge in [0.1, 0.15) is 5.82 Å². The lowest BCUT2D eigenvalue weighted by Crippen LogP contribution is -1.89. The van der Waals surface area contributed by atoms with E-state index >= 15 is 0 Å². The maximum atomic E-state index is 13.2. The maximum absolute atomic E-state index is 13.2. The lowest BCUT2D eigenvalue weighted by atomic mass is 10.1. The van der Waals surface area contributed by atoms with E-state index in [-0.39, 0.29) is 5.82 Å². The molecule has 0 aliphatic carbocycles. The first kappa shape index (κ1) is 8.88. The summed E-state index contributed by atoms with van der Waals surface area (Å²) in [4.78, 5) is 3.96. The molecule has 0 saturated heterocycles. The molecule has 0 aliphatic rings. The van der Waals surface area contributed by atoms with Gasteiger partial charge in [0.15, 0.2) is 0 Å². The summed E-state index contributed by atoms with van der Waals surface area (Å²) in [5.74, 6) is -0.212. The number of halogens is 1. The van der Waals surface area contributed by atoms with Crippen molar-refractivity contribution < 1.29 is 4.39 Å². The van der Waals surface area contributed by atoms with Gasteiger partial charge in [0.25, 0.3) is 0 Å². The van der Waals surface area contributed by atoms with Crippen LogP contribution in [-0.2, 0) is 0 Å². The molecular weight excluding hydrogens is 177 g/mol. The lowest BCUT2D eigenvalue weighted by Gasteiger charge is -2.01. The van der Waals surface area contributed by atoms with Crippen molar-refractivity contribution in [3.05, 3.63) is 72.2 Å². The molecule has 0 aliphatic heterocycles. The molecule has 0 atom stereocenters. The summed E-state index contributed by atoms with van der Waals surface area (Å²) in [6.07, 6.45) is 5.16. The van der Waals surface area contributed by atoms with Crippen LogP contribution < -0.4 is 0 Å². The Kier molecular flexibility index (Phi) is 2.54. The first-order chi connectivity index (χ1) is 6.86. The number of benzene rings is 1. The molecule has 69 valence electrons. The molecule has 0 unspecified atom stereocenters. The standard InChI is InChI=1S/C12H9FN/c13-12-6-2-1-5-11(12)8-10-4-3-7-14-9-10/h1-9H. The van der Waals surface area contributed by atoms with Crippen LogP contribution in [0.25, 0.3) is 0 Å². The predicted octanol–water partition coefficient (Wildman–Crippen LogP) is 2.82. The Labute approximate surface area is 82.2 Å². The van der Waals surface area contributed by atoms with E-state index in [4.69, 9.17) is 0 Å². The van der Waals surface area contributed by atoms with Gasteiger partial charge in [-0.15, -0.1) is 0 Å². The smallest absolute Gasteiger partial charge is 0.127 e. The monoisotopic (exact) mass is 186 g/mol. The molecule has 2 rings (SSSR count). The molecule has 0 spiro atoms. The van der Waals surface area contributed by atoms with Crippen molar-refractivity contribution in [1.82, 2.24) is 4.98 Å². The van der Waals surface area contributed by atoms with E-state index in [9.17, 15) is 4.39 Å². The lowest BCUT2D eigenvalue weighted by molar-refractivity contribution is 0.621. The summed E-state index contributed by atoms with van der Waals surface area (Å²) in [5.41, 5.74) is 1.48. The summed E-state index contributed by atoms with van der Waals surface area (Å²) >= 11 is 0. The van der Waals surface area contributed by atoms with E-state index in [2.05, 4.69) is 4.98 Å². The van der Waals surface area contributed by atoms with Crippen LogP contribution in [0.15, 0.2) is 48.8 Å². The SMILES string of the molecule is Fc1ccccc1[CH]c1cccnc1. The Bertz CT molecular complexity index is 412. The van der Waals surface area contributed by atoms with E-state index < -0.39 is 0 Å². The van der Waals surface area contributed by atoms with Gasteiger partial charge in [0.05, 0.1) is 0 Å². The first-order valence-corrected chi connectivity index (χ1v) is 4.35. The minimum atomic E-state index is -0.212. The fourth-order valence-corrected chi connectivity index (χ4v) is 1.23. The zero-order chi connectivity index (χ0) is 9.80. The van der Waals surface area contributed by atoms with Crippen molar-refractivity contribution in [1.29, 1.82) is 0 Å². The molecule has 0 saturated carbocycles. The minimum absolute atomic E-state index is 0.212. The van der Waals surface area contributed by atoms with Crippen LogP contribution in [0.2, 0.25) is 0 Å². The second-order valence-electron chi connectivity index (χ2n) is 2.95. The third-order valence-electron chi connectivity index (χ3n) is 1.91. The third-order valence-corrected chi connectivity index (χ3v) is 1.91. The number of hydrogen-bond acceptors (Lipinski definition) is 1. The van der Waals surface area contributed by atoms with Crippen LogP contribution >= 0.6 is 0 Å². The van der Waals surface area contributed by atoms with Gasteiger partial charge >= 0.3 is 0 Å². The van der Waals surface area contributed by atoms with Gasteiger partial charge in [-0.2, -0.15) is 0 Å². The van der Waals surface area contributed by atoms with Crippen LogP contribution in [-0.4, -0.2) is 4.98 Å². The van der Waals surface area contributed by atoms with Gasteiger partial charge < -0.3 is 0 Å². The summed E-state index contributed by atoms with van der Waals surface area (Å²) < 4.78 is 13.2. The molecule has 1 radical (unpaired) electrons. The normalized spacial score (nSPS) is 10.1. The predicted molar refractivity (Wildman–Crippen MR) is 53.1 cm³/mol. The Balaban J connectivity index is 2.24. The second-order valence-corrected chi connectivity index (χ2v) is 2.95. The van der Waals surface area contributed by atoms with Gasteiger partial charge in [-0.05, 0) is 23.3 Å². The van der Waals surface area contributed by atoms with E-state index in [1.807, 2.05) is 18.2 Å². The number of hydrogen-bond donors (Lipinski definition) is 0. The van der Waals surface area contributed by atoms with Crippen LogP contribution in [0.4, 0.5) is 4.39 Å². The second kappa shape index (κ2) is 4.01. The van der Waals surface area contributed by atoms with Crippen LogP contribution in [0.5, 0.6) is 0 Å². The quantitative estimate of drug-likeness (QED) is 0.702. The Morgan fingerprint density at radius 3 is 2.64 bits per heavy atom. The Morgan fingerprint density at radius 1 is 1.07 bits per heavy atom. The zero-order valence-corrected chi connectivity index (χ0v) is 7.52. The van der Waals surface area contributed by atoms with Crippen LogP contribution in [0.3, 0.4) is 0 Å². The highest BCUT2D eigenvalue weighted by molar-refractivity contribution is 5.35. The van der Waals surface area contributed by atoms with Crippen LogP contribution in [0.1, 0.15) is 11.1 Å². The van der Waals surface area contributed by atoms with Crippen molar-refractivity contribution in [3.8, 4) is 0 Å². The van der Waals surface area contributed by atoms with E-state index in [1.165, 1.54) is 6.07 Å². The third kappa shape index (κ3) is 1.96. The van der Waals surface area contributed by atoms with Gasteiger partial charge in [0, 0.05) is 18.8 Å². The van der Waals surface area contributed by atoms with Crippen molar-refractivity contribution in [3.63, 3.8) is 0 Å². The molecule has 0 fully saturated rings. The van der Waals surface area contributed by atoms with Crippen molar-refractivity contribution in [2.75, 3.05) is 0 Å². The Hall–Kier alpha value is -1.70. The number of rotatable bonds is 2. The molecule has 1 heterocycles. The summed E-state index contributed by atoms with van der Waals surface area (Å²) in [6.45, 7) is 0. The van der Waals surface area contributed by atoms with E-state index in [0.29, 0.717) is 5.56 Å². The number of aromatic nitrogens is 1. The molecular formula is C12H9FN. The van der Waals surface area contributed by atoms with Gasteiger partial charge in [-0.25, -0.2) is 4.39 Å². The molecule has 2 heteroatoms. The summed E-state index contributed by atoms with van der Waals surface area (Å²) in [5, 5.41) is 0. The molecule has 0 bridgehead atoms. The molecule has 1 aromatic carbocycles. The maximum Gasteiger partial charge on any atom is 0.127 e. The Morgan fingerprint density at radius 2 is 1.93 bits per heavy atom. The summed E-state index contributed by atoms with van der Waals surface area (Å²) in [6, 6.07) is 10.4. The molecule has 2 aromatic rings. The largest absolute Gasteiger partial charge is 0.264 e. The average molecular weight is 186 g/mol. The fourth-order valence-electron chi connectivity index (χ4n) is 1.23. The van der Waals surface area contributed by atoms with E-state index in [0.717, 1.165) is 5.56 Å². The van der Waals surface area contributed by atoms with E-state index in [1.54, 1.807) is 30.9 Å². The van der Waals surface area contributed by atoms with Gasteiger partial charge in [-0.3, -0.25) is 4.98 Å². The van der Waals surface area contributed by atoms with Crippen molar-refractivity contribution in [2.24, 2.45) is 0 Å². The highest BCUT2D eigenvalue weighted by Crippen LogP contribution is 2.13. The molecule has 1 nitrogen and oxygen atoms in total. The van der Waals surface area contributed by atoms with Gasteiger partial charge in [0.2, 0.25) is 0 Å². The highest BCUT2D eigenvalue weighted by Gasteiger charge is 2.01. The van der Waals surface area contributed by atoms with Crippen molar-refractivity contribution in [2.45, 2.75) is 0 Å². The molecule has 1 aromatic heterocycles. The van der Waals surface area contributed by atoms with Crippen molar-refractivity contribution >= 4 is 0 Å². The average Bonchev–Trinajstić information content (AvgIpc) is 2.23.